The molecule has 1 aliphatic carbocycles. The molecule has 38 heavy (non-hydrogen) atoms. The number of hydrogen-bond acceptors (Lipinski definition) is 8. The lowest BCUT2D eigenvalue weighted by Crippen LogP contribution is -2.37. The molecule has 8 atom stereocenters. The molecule has 2 saturated heterocycles. The molecule has 0 spiro atoms. The number of rotatable bonds is 15. The molecule has 3 N–H and O–H groups in total. The Labute approximate surface area is 229 Å². The van der Waals surface area contributed by atoms with Crippen molar-refractivity contribution in [1.29, 1.82) is 0 Å². The largest absolute Gasteiger partial charge is 0.469 e. The fourth-order valence-electron chi connectivity index (χ4n) is 6.16. The van der Waals surface area contributed by atoms with E-state index in [0.717, 1.165) is 63.4 Å². The molecule has 3 fully saturated rings. The molecule has 0 bridgehead atoms. The minimum Gasteiger partial charge on any atom is -0.469 e. The Hall–Kier alpha value is -1.03. The number of aldehydes is 1. The van der Waals surface area contributed by atoms with Gasteiger partial charge < -0.3 is 39.1 Å². The number of allylic oxidation sites excluding steroid dienone is 1. The summed E-state index contributed by atoms with van der Waals surface area (Å²) in [4.78, 5) is 11.7. The van der Waals surface area contributed by atoms with E-state index in [1.165, 1.54) is 0 Å². The van der Waals surface area contributed by atoms with E-state index in [0.29, 0.717) is 32.5 Å². The van der Waals surface area contributed by atoms with Crippen LogP contribution in [0, 0.1) is 23.2 Å². The fraction of sp³-hybridized carbons (Fsp3) is 0.900. The zero-order valence-corrected chi connectivity index (χ0v) is 23.8. The van der Waals surface area contributed by atoms with Gasteiger partial charge in [0, 0.05) is 44.1 Å². The zero-order chi connectivity index (χ0) is 27.5. The molecule has 8 nitrogen and oxygen atoms in total. The summed E-state index contributed by atoms with van der Waals surface area (Å²) in [6.45, 7) is 7.68. The summed E-state index contributed by atoms with van der Waals surface area (Å²) < 4.78 is 24.9. The molecule has 2 aliphatic heterocycles. The SMILES string of the molecule is CCCCC(C)(C)CC=C(OC1CCCCO1)[C@H]1[C@H](CC=O)[C@H](O)C[C@@H]1OC1CC(CC(O)CO)CCO1. The van der Waals surface area contributed by atoms with Gasteiger partial charge in [0.05, 0.1) is 31.5 Å². The molecule has 2 heterocycles. The van der Waals surface area contributed by atoms with Crippen molar-refractivity contribution in [3.05, 3.63) is 11.8 Å². The summed E-state index contributed by atoms with van der Waals surface area (Å²) in [6.07, 6.45) is 10.1. The molecule has 0 aromatic carbocycles. The first-order chi connectivity index (χ1) is 18.3. The number of ether oxygens (including phenoxy) is 4. The van der Waals surface area contributed by atoms with Gasteiger partial charge in [-0.1, -0.05) is 33.6 Å². The van der Waals surface area contributed by atoms with Crippen molar-refractivity contribution in [2.45, 2.75) is 129 Å². The minimum absolute atomic E-state index is 0.0962. The van der Waals surface area contributed by atoms with Gasteiger partial charge in [0.2, 0.25) is 0 Å². The van der Waals surface area contributed by atoms with Gasteiger partial charge in [-0.3, -0.25) is 0 Å². The normalized spacial score (nSPS) is 33.7. The van der Waals surface area contributed by atoms with Gasteiger partial charge in [0.1, 0.15) is 12.0 Å². The predicted molar refractivity (Wildman–Crippen MR) is 144 cm³/mol. The third kappa shape index (κ3) is 9.56. The van der Waals surface area contributed by atoms with Crippen molar-refractivity contribution in [2.75, 3.05) is 19.8 Å². The Balaban J connectivity index is 1.82. The molecule has 0 aromatic rings. The highest BCUT2D eigenvalue weighted by molar-refractivity contribution is 5.50. The van der Waals surface area contributed by atoms with Crippen LogP contribution in [0.25, 0.3) is 0 Å². The van der Waals surface area contributed by atoms with Crippen LogP contribution in [0.15, 0.2) is 11.8 Å². The van der Waals surface area contributed by atoms with Gasteiger partial charge in [-0.25, -0.2) is 0 Å². The number of carbonyl (C=O) groups is 1. The standard InChI is InChI=1S/C30H52O8/c1-4-5-12-30(2,3)13-9-25(37-27-8-6-7-15-35-27)29-23(10-14-31)24(34)19-26(29)38-28-18-21(11-16-36-28)17-22(33)20-32/h9,14,21-24,26-29,32-34H,4-8,10-13,15-20H2,1-3H3/t21?,22?,23-,24-,26+,27?,28?,29-/m1/s1. The smallest absolute Gasteiger partial charge is 0.199 e. The first-order valence-corrected chi connectivity index (χ1v) is 14.9. The average Bonchev–Trinajstić information content (AvgIpc) is 3.20. The quantitative estimate of drug-likeness (QED) is 0.206. The summed E-state index contributed by atoms with van der Waals surface area (Å²) in [5, 5.41) is 30.2. The van der Waals surface area contributed by atoms with Crippen molar-refractivity contribution in [2.24, 2.45) is 23.2 Å². The fourth-order valence-corrected chi connectivity index (χ4v) is 6.16. The van der Waals surface area contributed by atoms with Crippen LogP contribution in [0.4, 0.5) is 0 Å². The average molecular weight is 541 g/mol. The number of carbonyl (C=O) groups excluding carboxylic acids is 1. The van der Waals surface area contributed by atoms with Crippen molar-refractivity contribution in [3.8, 4) is 0 Å². The lowest BCUT2D eigenvalue weighted by Gasteiger charge is -2.36. The summed E-state index contributed by atoms with van der Waals surface area (Å²) in [6, 6.07) is 0. The lowest BCUT2D eigenvalue weighted by atomic mass is 9.82. The second-order valence-electron chi connectivity index (χ2n) is 12.3. The minimum atomic E-state index is -0.744. The second kappa shape index (κ2) is 15.7. The van der Waals surface area contributed by atoms with Crippen LogP contribution in [-0.2, 0) is 23.7 Å². The molecule has 3 rings (SSSR count). The van der Waals surface area contributed by atoms with Gasteiger partial charge in [0.15, 0.2) is 12.6 Å². The summed E-state index contributed by atoms with van der Waals surface area (Å²) in [7, 11) is 0. The highest BCUT2D eigenvalue weighted by atomic mass is 16.7. The Morgan fingerprint density at radius 3 is 2.61 bits per heavy atom. The van der Waals surface area contributed by atoms with Gasteiger partial charge in [0.25, 0.3) is 0 Å². The highest BCUT2D eigenvalue weighted by Crippen LogP contribution is 2.44. The Morgan fingerprint density at radius 2 is 1.92 bits per heavy atom. The molecule has 3 aliphatic rings. The topological polar surface area (TPSA) is 115 Å². The van der Waals surface area contributed by atoms with Gasteiger partial charge in [-0.2, -0.15) is 0 Å². The first-order valence-electron chi connectivity index (χ1n) is 14.9. The van der Waals surface area contributed by atoms with Crippen LogP contribution in [0.1, 0.15) is 97.8 Å². The Morgan fingerprint density at radius 1 is 1.13 bits per heavy atom. The van der Waals surface area contributed by atoms with Crippen LogP contribution in [-0.4, -0.2) is 72.3 Å². The molecule has 0 radical (unpaired) electrons. The molecule has 1 saturated carbocycles. The summed E-state index contributed by atoms with van der Waals surface area (Å²) in [5.41, 5.74) is 0.0962. The summed E-state index contributed by atoms with van der Waals surface area (Å²) in [5.74, 6) is 0.363. The number of aliphatic hydroxyl groups excluding tert-OH is 3. The van der Waals surface area contributed by atoms with Crippen LogP contribution in [0.3, 0.4) is 0 Å². The van der Waals surface area contributed by atoms with E-state index in [1.807, 2.05) is 0 Å². The van der Waals surface area contributed by atoms with E-state index in [4.69, 9.17) is 18.9 Å². The van der Waals surface area contributed by atoms with Crippen LogP contribution >= 0.6 is 0 Å². The maximum absolute atomic E-state index is 11.7. The van der Waals surface area contributed by atoms with E-state index in [9.17, 15) is 20.1 Å². The van der Waals surface area contributed by atoms with Gasteiger partial charge in [-0.15, -0.1) is 0 Å². The predicted octanol–water partition coefficient (Wildman–Crippen LogP) is 4.49. The van der Waals surface area contributed by atoms with Crippen LogP contribution in [0.2, 0.25) is 0 Å². The molecular weight excluding hydrogens is 488 g/mol. The Bertz CT molecular complexity index is 719. The van der Waals surface area contributed by atoms with E-state index in [-0.39, 0.29) is 48.6 Å². The molecule has 0 aromatic heterocycles. The highest BCUT2D eigenvalue weighted by Gasteiger charge is 2.47. The zero-order valence-electron chi connectivity index (χ0n) is 23.8. The van der Waals surface area contributed by atoms with Crippen molar-refractivity contribution >= 4 is 6.29 Å². The van der Waals surface area contributed by atoms with Crippen molar-refractivity contribution < 1.29 is 39.1 Å². The van der Waals surface area contributed by atoms with E-state index >= 15 is 0 Å². The molecule has 0 amide bonds. The third-order valence-electron chi connectivity index (χ3n) is 8.49. The number of unbranched alkanes of at least 4 members (excludes halogenated alkanes) is 1. The second-order valence-corrected chi connectivity index (χ2v) is 12.3. The van der Waals surface area contributed by atoms with Crippen molar-refractivity contribution in [3.63, 3.8) is 0 Å². The van der Waals surface area contributed by atoms with Crippen molar-refractivity contribution in [1.82, 2.24) is 0 Å². The maximum atomic E-state index is 11.7. The Kier molecular flexibility index (Phi) is 13.0. The molecule has 220 valence electrons. The molecule has 8 heteroatoms. The molecular formula is C30H52O8. The molecule has 4 unspecified atom stereocenters. The number of hydrogen-bond donors (Lipinski definition) is 3. The monoisotopic (exact) mass is 540 g/mol. The van der Waals surface area contributed by atoms with Crippen LogP contribution < -0.4 is 0 Å². The van der Waals surface area contributed by atoms with E-state index in [1.54, 1.807) is 0 Å². The maximum Gasteiger partial charge on any atom is 0.199 e. The number of aliphatic hydroxyl groups is 3. The van der Waals surface area contributed by atoms with Crippen LogP contribution in [0.5, 0.6) is 0 Å². The van der Waals surface area contributed by atoms with E-state index < -0.39 is 18.5 Å². The first kappa shape index (κ1) is 31.5. The lowest BCUT2D eigenvalue weighted by molar-refractivity contribution is -0.211. The van der Waals surface area contributed by atoms with Gasteiger partial charge in [-0.05, 0) is 55.9 Å². The third-order valence-corrected chi connectivity index (χ3v) is 8.49. The van der Waals surface area contributed by atoms with Gasteiger partial charge >= 0.3 is 0 Å². The van der Waals surface area contributed by atoms with E-state index in [2.05, 4.69) is 26.8 Å². The summed E-state index contributed by atoms with van der Waals surface area (Å²) >= 11 is 0.